The third-order valence-corrected chi connectivity index (χ3v) is 4.64. The van der Waals surface area contributed by atoms with Crippen LogP contribution in [0, 0.1) is 5.92 Å². The lowest BCUT2D eigenvalue weighted by Crippen LogP contribution is -2.43. The number of halogens is 1. The summed E-state index contributed by atoms with van der Waals surface area (Å²) in [6, 6.07) is 15.9. The zero-order valence-corrected chi connectivity index (χ0v) is 14.2. The molecule has 1 fully saturated rings. The quantitative estimate of drug-likeness (QED) is 0.824. The van der Waals surface area contributed by atoms with Gasteiger partial charge in [-0.2, -0.15) is 0 Å². The highest BCUT2D eigenvalue weighted by atomic mass is 35.5. The first-order chi connectivity index (χ1) is 10.4. The van der Waals surface area contributed by atoms with Crippen molar-refractivity contribution in [2.24, 2.45) is 5.92 Å². The molecule has 1 heterocycles. The summed E-state index contributed by atoms with van der Waals surface area (Å²) < 4.78 is 0. The van der Waals surface area contributed by atoms with Gasteiger partial charge in [-0.25, -0.2) is 0 Å². The van der Waals surface area contributed by atoms with Gasteiger partial charge in [-0.1, -0.05) is 50.1 Å². The Kier molecular flexibility index (Phi) is 6.53. The Labute approximate surface area is 140 Å². The van der Waals surface area contributed by atoms with Crippen molar-refractivity contribution in [2.45, 2.75) is 38.6 Å². The Balaban J connectivity index is 0.00000176. The third-order valence-electron chi connectivity index (χ3n) is 4.64. The lowest BCUT2D eigenvalue weighted by molar-refractivity contribution is 0.319. The molecule has 0 bridgehead atoms. The highest BCUT2D eigenvalue weighted by Crippen LogP contribution is 2.24. The second kappa shape index (κ2) is 8.40. The fourth-order valence-corrected chi connectivity index (χ4v) is 3.38. The molecule has 2 nitrogen and oxygen atoms in total. The Morgan fingerprint density at radius 3 is 2.77 bits per heavy atom. The Morgan fingerprint density at radius 2 is 1.95 bits per heavy atom. The number of rotatable bonds is 5. The molecule has 1 aliphatic rings. The highest BCUT2D eigenvalue weighted by molar-refractivity contribution is 5.86. The van der Waals surface area contributed by atoms with E-state index in [-0.39, 0.29) is 12.4 Å². The van der Waals surface area contributed by atoms with E-state index in [2.05, 4.69) is 60.0 Å². The van der Waals surface area contributed by atoms with Crippen molar-refractivity contribution < 1.29 is 0 Å². The molecule has 1 aliphatic heterocycles. The smallest absolute Gasteiger partial charge is 0.0348 e. The van der Waals surface area contributed by atoms with Gasteiger partial charge in [-0.15, -0.1) is 12.4 Å². The maximum Gasteiger partial charge on any atom is 0.0348 e. The van der Waals surface area contributed by atoms with Crippen LogP contribution in [0.1, 0.15) is 32.6 Å². The summed E-state index contributed by atoms with van der Waals surface area (Å²) in [5.41, 5.74) is 1.27. The fraction of sp³-hybridized carbons (Fsp3) is 0.474. The number of piperidine rings is 1. The van der Waals surface area contributed by atoms with Gasteiger partial charge in [0, 0.05) is 11.7 Å². The van der Waals surface area contributed by atoms with Crippen LogP contribution < -0.4 is 10.6 Å². The van der Waals surface area contributed by atoms with Crippen LogP contribution in [0.4, 0.5) is 5.69 Å². The summed E-state index contributed by atoms with van der Waals surface area (Å²) in [5, 5.41) is 9.98. The number of hydrogen-bond donors (Lipinski definition) is 2. The Hall–Kier alpha value is -1.25. The van der Waals surface area contributed by atoms with E-state index in [1.807, 2.05) is 0 Å². The average molecular weight is 319 g/mol. The van der Waals surface area contributed by atoms with Crippen LogP contribution in [0.3, 0.4) is 0 Å². The first-order valence-electron chi connectivity index (χ1n) is 8.33. The number of anilines is 1. The van der Waals surface area contributed by atoms with Crippen LogP contribution >= 0.6 is 12.4 Å². The molecule has 3 heteroatoms. The molecule has 2 unspecified atom stereocenters. The molecular weight excluding hydrogens is 292 g/mol. The fourth-order valence-electron chi connectivity index (χ4n) is 3.38. The SMILES string of the molecule is CCCCC1CNCCC1Nc1ccc2ccccc2c1.Cl. The topological polar surface area (TPSA) is 24.1 Å². The highest BCUT2D eigenvalue weighted by Gasteiger charge is 2.24. The second-order valence-corrected chi connectivity index (χ2v) is 6.21. The van der Waals surface area contributed by atoms with Crippen molar-refractivity contribution in [3.8, 4) is 0 Å². The molecule has 1 saturated heterocycles. The minimum Gasteiger partial charge on any atom is -0.382 e. The van der Waals surface area contributed by atoms with Crippen LogP contribution in [-0.4, -0.2) is 19.1 Å². The molecule has 2 aromatic carbocycles. The molecule has 3 rings (SSSR count). The minimum absolute atomic E-state index is 0. The van der Waals surface area contributed by atoms with Crippen molar-refractivity contribution in [1.29, 1.82) is 0 Å². The summed E-state index contributed by atoms with van der Waals surface area (Å²) in [5.74, 6) is 0.755. The lowest BCUT2D eigenvalue weighted by atomic mass is 9.88. The molecule has 0 aromatic heterocycles. The van der Waals surface area contributed by atoms with E-state index in [1.54, 1.807) is 0 Å². The summed E-state index contributed by atoms with van der Waals surface area (Å²) >= 11 is 0. The van der Waals surface area contributed by atoms with Gasteiger partial charge in [0.05, 0.1) is 0 Å². The summed E-state index contributed by atoms with van der Waals surface area (Å²) in [4.78, 5) is 0. The molecule has 0 radical (unpaired) electrons. The maximum absolute atomic E-state index is 3.79. The zero-order valence-electron chi connectivity index (χ0n) is 13.3. The number of unbranched alkanes of at least 4 members (excludes halogenated alkanes) is 1. The molecule has 0 amide bonds. The molecule has 22 heavy (non-hydrogen) atoms. The van der Waals surface area contributed by atoms with E-state index in [0.717, 1.165) is 19.0 Å². The van der Waals surface area contributed by atoms with E-state index in [4.69, 9.17) is 0 Å². The molecule has 0 spiro atoms. The first-order valence-corrected chi connectivity index (χ1v) is 8.33. The predicted octanol–water partition coefficient (Wildman–Crippen LogP) is 4.84. The van der Waals surface area contributed by atoms with Crippen molar-refractivity contribution in [1.82, 2.24) is 5.32 Å². The number of hydrogen-bond acceptors (Lipinski definition) is 2. The molecule has 2 N–H and O–H groups in total. The normalized spacial score (nSPS) is 21.3. The van der Waals surface area contributed by atoms with Gasteiger partial charge in [0.1, 0.15) is 0 Å². The molecule has 0 aliphatic carbocycles. The molecule has 120 valence electrons. The minimum atomic E-state index is 0. The van der Waals surface area contributed by atoms with Gasteiger partial charge in [-0.3, -0.25) is 0 Å². The van der Waals surface area contributed by atoms with E-state index >= 15 is 0 Å². The van der Waals surface area contributed by atoms with Crippen molar-refractivity contribution in [3.63, 3.8) is 0 Å². The van der Waals surface area contributed by atoms with Crippen molar-refractivity contribution in [2.75, 3.05) is 18.4 Å². The van der Waals surface area contributed by atoms with Gasteiger partial charge in [-0.05, 0) is 54.8 Å². The zero-order chi connectivity index (χ0) is 14.5. The predicted molar refractivity (Wildman–Crippen MR) is 99.1 cm³/mol. The Morgan fingerprint density at radius 1 is 1.14 bits per heavy atom. The van der Waals surface area contributed by atoms with E-state index in [9.17, 15) is 0 Å². The largest absolute Gasteiger partial charge is 0.382 e. The van der Waals surface area contributed by atoms with E-state index < -0.39 is 0 Å². The monoisotopic (exact) mass is 318 g/mol. The van der Waals surface area contributed by atoms with E-state index in [0.29, 0.717) is 6.04 Å². The number of benzene rings is 2. The molecule has 2 atom stereocenters. The first kappa shape index (κ1) is 17.1. The number of nitrogens with one attached hydrogen (secondary N) is 2. The van der Waals surface area contributed by atoms with Crippen LogP contribution in [0.2, 0.25) is 0 Å². The molecular formula is C19H27ClN2. The maximum atomic E-state index is 3.79. The van der Waals surface area contributed by atoms with Crippen LogP contribution in [-0.2, 0) is 0 Å². The van der Waals surface area contributed by atoms with Gasteiger partial charge >= 0.3 is 0 Å². The number of fused-ring (bicyclic) bond motifs is 1. The lowest BCUT2D eigenvalue weighted by Gasteiger charge is -2.33. The average Bonchev–Trinajstić information content (AvgIpc) is 2.54. The van der Waals surface area contributed by atoms with Crippen molar-refractivity contribution in [3.05, 3.63) is 42.5 Å². The van der Waals surface area contributed by atoms with E-state index in [1.165, 1.54) is 42.1 Å². The standard InChI is InChI=1S/C19H26N2.ClH/c1-2-3-6-17-14-20-12-11-19(17)21-18-10-9-15-7-4-5-8-16(15)13-18;/h4-5,7-10,13,17,19-21H,2-3,6,11-12,14H2,1H3;1H. The summed E-state index contributed by atoms with van der Waals surface area (Å²) in [6.45, 7) is 4.57. The van der Waals surface area contributed by atoms with Gasteiger partial charge in [0.15, 0.2) is 0 Å². The van der Waals surface area contributed by atoms with Gasteiger partial charge in [0.2, 0.25) is 0 Å². The summed E-state index contributed by atoms with van der Waals surface area (Å²) in [6.07, 6.45) is 5.18. The van der Waals surface area contributed by atoms with Gasteiger partial charge < -0.3 is 10.6 Å². The van der Waals surface area contributed by atoms with Crippen LogP contribution in [0.25, 0.3) is 10.8 Å². The molecule has 0 saturated carbocycles. The second-order valence-electron chi connectivity index (χ2n) is 6.21. The third kappa shape index (κ3) is 4.15. The van der Waals surface area contributed by atoms with Crippen LogP contribution in [0.5, 0.6) is 0 Å². The Bertz CT molecular complexity index is 584. The van der Waals surface area contributed by atoms with Crippen molar-refractivity contribution >= 4 is 28.9 Å². The van der Waals surface area contributed by atoms with Crippen LogP contribution in [0.15, 0.2) is 42.5 Å². The molecule has 2 aromatic rings. The van der Waals surface area contributed by atoms with Gasteiger partial charge in [0.25, 0.3) is 0 Å². The summed E-state index contributed by atoms with van der Waals surface area (Å²) in [7, 11) is 0.